The minimum absolute atomic E-state index is 0.196. The summed E-state index contributed by atoms with van der Waals surface area (Å²) >= 11 is 6.21. The van der Waals surface area contributed by atoms with Gasteiger partial charge in [-0.25, -0.2) is 9.18 Å². The van der Waals surface area contributed by atoms with Crippen molar-refractivity contribution in [1.29, 1.82) is 0 Å². The molecule has 1 aliphatic heterocycles. The summed E-state index contributed by atoms with van der Waals surface area (Å²) < 4.78 is 24.0. The van der Waals surface area contributed by atoms with Crippen molar-refractivity contribution in [2.75, 3.05) is 26.8 Å². The second-order valence-corrected chi connectivity index (χ2v) is 6.47. The Kier molecular flexibility index (Phi) is 5.83. The summed E-state index contributed by atoms with van der Waals surface area (Å²) in [5.41, 5.74) is 1.82. The number of rotatable bonds is 5. The van der Waals surface area contributed by atoms with Crippen LogP contribution in [-0.4, -0.2) is 37.7 Å². The Hall–Kier alpha value is -2.47. The third-order valence-corrected chi connectivity index (χ3v) is 4.31. The van der Waals surface area contributed by atoms with Crippen LogP contribution in [0.4, 0.5) is 9.18 Å². The molecule has 0 atom stereocenters. The lowest BCUT2D eigenvalue weighted by molar-refractivity contribution is 0.171. The molecule has 0 aliphatic carbocycles. The Labute approximate surface area is 156 Å². The average Bonchev–Trinajstić information content (AvgIpc) is 2.63. The molecule has 0 saturated carbocycles. The number of nitrogens with one attached hydrogen (secondary N) is 1. The summed E-state index contributed by atoms with van der Waals surface area (Å²) in [5.74, 6) is 0.919. The number of hydrogen-bond donors (Lipinski definition) is 1. The van der Waals surface area contributed by atoms with Crippen molar-refractivity contribution in [2.24, 2.45) is 0 Å². The highest BCUT2D eigenvalue weighted by Gasteiger charge is 2.16. The molecule has 0 saturated heterocycles. The summed E-state index contributed by atoms with van der Waals surface area (Å²) in [6.45, 7) is 1.85. The zero-order valence-corrected chi connectivity index (χ0v) is 15.2. The topological polar surface area (TPSA) is 50.8 Å². The maximum absolute atomic E-state index is 12.9. The SMILES string of the molecule is CN(Cc1ccc(F)cc1)C(=O)NCCc1cc(Cl)c2c(c1)OCCO2. The van der Waals surface area contributed by atoms with E-state index >= 15 is 0 Å². The maximum atomic E-state index is 12.9. The summed E-state index contributed by atoms with van der Waals surface area (Å²) in [4.78, 5) is 13.7. The second-order valence-electron chi connectivity index (χ2n) is 6.07. The molecule has 1 heterocycles. The normalized spacial score (nSPS) is 12.6. The lowest BCUT2D eigenvalue weighted by Gasteiger charge is -2.21. The van der Waals surface area contributed by atoms with Gasteiger partial charge in [0.1, 0.15) is 19.0 Å². The zero-order chi connectivity index (χ0) is 18.5. The largest absolute Gasteiger partial charge is 0.486 e. The monoisotopic (exact) mass is 378 g/mol. The highest BCUT2D eigenvalue weighted by Crippen LogP contribution is 2.38. The van der Waals surface area contributed by atoms with E-state index in [1.165, 1.54) is 12.1 Å². The lowest BCUT2D eigenvalue weighted by Crippen LogP contribution is -2.37. The predicted octanol–water partition coefficient (Wildman–Crippen LogP) is 3.63. The van der Waals surface area contributed by atoms with Crippen LogP contribution in [0.3, 0.4) is 0 Å². The molecule has 3 rings (SSSR count). The number of hydrogen-bond acceptors (Lipinski definition) is 3. The predicted molar refractivity (Wildman–Crippen MR) is 97.4 cm³/mol. The van der Waals surface area contributed by atoms with Crippen LogP contribution in [0.25, 0.3) is 0 Å². The van der Waals surface area contributed by atoms with Gasteiger partial charge in [-0.1, -0.05) is 23.7 Å². The molecule has 5 nitrogen and oxygen atoms in total. The summed E-state index contributed by atoms with van der Waals surface area (Å²) in [6, 6.07) is 9.60. The van der Waals surface area contributed by atoms with E-state index < -0.39 is 0 Å². The van der Waals surface area contributed by atoms with E-state index in [9.17, 15) is 9.18 Å². The second kappa shape index (κ2) is 8.27. The number of urea groups is 1. The van der Waals surface area contributed by atoms with Gasteiger partial charge >= 0.3 is 6.03 Å². The highest BCUT2D eigenvalue weighted by atomic mass is 35.5. The molecule has 0 unspecified atom stereocenters. The molecule has 0 bridgehead atoms. The highest BCUT2D eigenvalue weighted by molar-refractivity contribution is 6.32. The van der Waals surface area contributed by atoms with Gasteiger partial charge in [-0.2, -0.15) is 0 Å². The first kappa shape index (κ1) is 18.3. The molecular formula is C19H20ClFN2O3. The molecule has 7 heteroatoms. The van der Waals surface area contributed by atoms with Crippen LogP contribution < -0.4 is 14.8 Å². The molecule has 138 valence electrons. The van der Waals surface area contributed by atoms with Crippen LogP contribution in [-0.2, 0) is 13.0 Å². The van der Waals surface area contributed by atoms with Gasteiger partial charge in [0.05, 0.1) is 5.02 Å². The molecule has 0 fully saturated rings. The average molecular weight is 379 g/mol. The number of carbonyl (C=O) groups excluding carboxylic acids is 1. The van der Waals surface area contributed by atoms with Gasteiger partial charge < -0.3 is 19.7 Å². The van der Waals surface area contributed by atoms with Gasteiger partial charge in [0.2, 0.25) is 0 Å². The minimum atomic E-state index is -0.293. The summed E-state index contributed by atoms with van der Waals surface area (Å²) in [5, 5.41) is 3.37. The van der Waals surface area contributed by atoms with Gasteiger partial charge in [-0.05, 0) is 41.8 Å². The molecule has 1 aliphatic rings. The summed E-state index contributed by atoms with van der Waals surface area (Å²) in [7, 11) is 1.69. The standard InChI is InChI=1S/C19H20ClFN2O3/c1-23(12-13-2-4-15(21)5-3-13)19(24)22-7-6-14-10-16(20)18-17(11-14)25-8-9-26-18/h2-5,10-11H,6-9,12H2,1H3,(H,22,24). The van der Waals surface area contributed by atoms with Crippen molar-refractivity contribution in [1.82, 2.24) is 10.2 Å². The summed E-state index contributed by atoms with van der Waals surface area (Å²) in [6.07, 6.45) is 0.618. The third-order valence-electron chi connectivity index (χ3n) is 4.03. The number of halogens is 2. The molecule has 26 heavy (non-hydrogen) atoms. The molecule has 0 radical (unpaired) electrons. The molecular weight excluding hydrogens is 359 g/mol. The van der Waals surface area contributed by atoms with Crippen LogP contribution >= 0.6 is 11.6 Å². The van der Waals surface area contributed by atoms with Gasteiger partial charge in [0.25, 0.3) is 0 Å². The zero-order valence-electron chi connectivity index (χ0n) is 14.4. The van der Waals surface area contributed by atoms with Crippen LogP contribution in [0.1, 0.15) is 11.1 Å². The van der Waals surface area contributed by atoms with E-state index in [1.54, 1.807) is 24.1 Å². The van der Waals surface area contributed by atoms with Gasteiger partial charge in [0, 0.05) is 20.1 Å². The first-order valence-corrected chi connectivity index (χ1v) is 8.72. The molecule has 0 spiro atoms. The first-order valence-electron chi connectivity index (χ1n) is 8.34. The van der Waals surface area contributed by atoms with Crippen molar-refractivity contribution in [3.05, 3.63) is 58.4 Å². The van der Waals surface area contributed by atoms with Crippen LogP contribution in [0.5, 0.6) is 11.5 Å². The van der Waals surface area contributed by atoms with Crippen molar-refractivity contribution >= 4 is 17.6 Å². The molecule has 2 aromatic rings. The van der Waals surface area contributed by atoms with Gasteiger partial charge in [0.15, 0.2) is 11.5 Å². The quantitative estimate of drug-likeness (QED) is 0.864. The first-order chi connectivity index (χ1) is 12.5. The number of nitrogens with zero attached hydrogens (tertiary/aromatic N) is 1. The molecule has 2 aromatic carbocycles. The Morgan fingerprint density at radius 2 is 1.92 bits per heavy atom. The van der Waals surface area contributed by atoms with Gasteiger partial charge in [-0.15, -0.1) is 0 Å². The third kappa shape index (κ3) is 4.58. The van der Waals surface area contributed by atoms with Crippen LogP contribution in [0.2, 0.25) is 5.02 Å². The Morgan fingerprint density at radius 3 is 2.69 bits per heavy atom. The van der Waals surface area contributed by atoms with E-state index in [1.807, 2.05) is 12.1 Å². The van der Waals surface area contributed by atoms with Crippen LogP contribution in [0, 0.1) is 5.82 Å². The van der Waals surface area contributed by atoms with Crippen molar-refractivity contribution in [2.45, 2.75) is 13.0 Å². The number of amides is 2. The number of ether oxygens (including phenoxy) is 2. The number of benzene rings is 2. The maximum Gasteiger partial charge on any atom is 0.317 e. The van der Waals surface area contributed by atoms with E-state index in [0.29, 0.717) is 49.2 Å². The van der Waals surface area contributed by atoms with E-state index in [2.05, 4.69) is 5.32 Å². The van der Waals surface area contributed by atoms with E-state index in [0.717, 1.165) is 11.1 Å². The Morgan fingerprint density at radius 1 is 1.19 bits per heavy atom. The minimum Gasteiger partial charge on any atom is -0.486 e. The number of fused-ring (bicyclic) bond motifs is 1. The van der Waals surface area contributed by atoms with Crippen molar-refractivity contribution in [3.8, 4) is 11.5 Å². The number of carbonyl (C=O) groups is 1. The molecule has 0 aromatic heterocycles. The smallest absolute Gasteiger partial charge is 0.317 e. The molecule has 2 amide bonds. The fourth-order valence-corrected chi connectivity index (χ4v) is 2.98. The lowest BCUT2D eigenvalue weighted by atomic mass is 10.1. The van der Waals surface area contributed by atoms with Gasteiger partial charge in [-0.3, -0.25) is 0 Å². The fourth-order valence-electron chi connectivity index (χ4n) is 2.69. The van der Waals surface area contributed by atoms with Crippen molar-refractivity contribution < 1.29 is 18.7 Å². The van der Waals surface area contributed by atoms with E-state index in [4.69, 9.17) is 21.1 Å². The van der Waals surface area contributed by atoms with Crippen molar-refractivity contribution in [3.63, 3.8) is 0 Å². The van der Waals surface area contributed by atoms with E-state index in [-0.39, 0.29) is 11.8 Å². The van der Waals surface area contributed by atoms with Crippen LogP contribution in [0.15, 0.2) is 36.4 Å². The Bertz CT molecular complexity index is 783. The molecule has 1 N–H and O–H groups in total. The Balaban J connectivity index is 1.50. The fraction of sp³-hybridized carbons (Fsp3) is 0.316.